The van der Waals surface area contributed by atoms with E-state index >= 15 is 0 Å². The molecule has 1 N–H and O–H groups in total. The van der Waals surface area contributed by atoms with Crippen LogP contribution in [0.25, 0.3) is 0 Å². The van der Waals surface area contributed by atoms with Crippen molar-refractivity contribution in [3.05, 3.63) is 22.0 Å². The number of aromatic nitrogens is 2. The second kappa shape index (κ2) is 5.81. The second-order valence-corrected chi connectivity index (χ2v) is 8.51. The van der Waals surface area contributed by atoms with Gasteiger partial charge in [-0.1, -0.05) is 6.92 Å². The molecule has 0 unspecified atom stereocenters. The summed E-state index contributed by atoms with van der Waals surface area (Å²) in [6, 6.07) is 0.0787. The fourth-order valence-corrected chi connectivity index (χ4v) is 6.29. The summed E-state index contributed by atoms with van der Waals surface area (Å²) in [5.41, 5.74) is -0.112. The van der Waals surface area contributed by atoms with Crippen LogP contribution in [0.4, 0.5) is 5.69 Å². The van der Waals surface area contributed by atoms with Crippen molar-refractivity contribution in [3.8, 4) is 0 Å². The van der Waals surface area contributed by atoms with E-state index < -0.39 is 10.8 Å². The topological polar surface area (TPSA) is 90.1 Å². The molecule has 7 heteroatoms. The molecule has 1 aromatic rings. The van der Waals surface area contributed by atoms with E-state index in [9.17, 15) is 14.9 Å². The van der Waals surface area contributed by atoms with Crippen molar-refractivity contribution < 1.29 is 9.72 Å². The quantitative estimate of drug-likeness (QED) is 0.655. The fourth-order valence-electron chi connectivity index (χ4n) is 6.29. The summed E-state index contributed by atoms with van der Waals surface area (Å²) in [5, 5.41) is 18.3. The molecular formula is C18H26N4O3. The van der Waals surface area contributed by atoms with Gasteiger partial charge in [-0.25, -0.2) is 0 Å². The van der Waals surface area contributed by atoms with Gasteiger partial charge in [0.1, 0.15) is 6.20 Å². The lowest BCUT2D eigenvalue weighted by molar-refractivity contribution is -0.385. The molecule has 4 saturated carbocycles. The molecule has 0 saturated heterocycles. The Bertz CT molecular complexity index is 676. The van der Waals surface area contributed by atoms with Gasteiger partial charge in [0, 0.05) is 13.1 Å². The molecule has 5 rings (SSSR count). The molecule has 4 fully saturated rings. The van der Waals surface area contributed by atoms with Crippen LogP contribution in [0.15, 0.2) is 6.20 Å². The molecule has 4 aliphatic rings. The zero-order valence-electron chi connectivity index (χ0n) is 14.9. The van der Waals surface area contributed by atoms with Gasteiger partial charge in [0.2, 0.25) is 5.69 Å². The van der Waals surface area contributed by atoms with Gasteiger partial charge < -0.3 is 5.32 Å². The summed E-state index contributed by atoms with van der Waals surface area (Å²) in [4.78, 5) is 23.4. The second-order valence-electron chi connectivity index (χ2n) is 8.51. The third-order valence-corrected chi connectivity index (χ3v) is 6.76. The minimum absolute atomic E-state index is 0.0734. The average Bonchev–Trinajstić information content (AvgIpc) is 2.93. The highest BCUT2D eigenvalue weighted by Gasteiger charge is 2.54. The van der Waals surface area contributed by atoms with Gasteiger partial charge in [0.25, 0.3) is 5.91 Å². The predicted octanol–water partition coefficient (Wildman–Crippen LogP) is 3.05. The summed E-state index contributed by atoms with van der Waals surface area (Å²) in [5.74, 6) is 2.01. The van der Waals surface area contributed by atoms with Crippen molar-refractivity contribution >= 4 is 11.6 Å². The Balaban J connectivity index is 1.57. The van der Waals surface area contributed by atoms with Crippen LogP contribution >= 0.6 is 0 Å². The van der Waals surface area contributed by atoms with Crippen LogP contribution in [0.5, 0.6) is 0 Å². The maximum atomic E-state index is 12.8. The first kappa shape index (κ1) is 16.5. The zero-order chi connectivity index (χ0) is 17.8. The molecule has 1 amide bonds. The summed E-state index contributed by atoms with van der Waals surface area (Å²) in [6.07, 6.45) is 9.81. The average molecular weight is 346 g/mol. The van der Waals surface area contributed by atoms with Crippen molar-refractivity contribution in [3.63, 3.8) is 0 Å². The van der Waals surface area contributed by atoms with Crippen molar-refractivity contribution in [1.82, 2.24) is 15.1 Å². The molecule has 0 aromatic carbocycles. The molecule has 7 nitrogen and oxygen atoms in total. The maximum Gasteiger partial charge on any atom is 0.320 e. The number of hydrogen-bond donors (Lipinski definition) is 1. The lowest BCUT2D eigenvalue weighted by Gasteiger charge is -2.59. The van der Waals surface area contributed by atoms with Crippen LogP contribution in [0.2, 0.25) is 0 Å². The van der Waals surface area contributed by atoms with E-state index in [1.165, 1.54) is 49.4 Å². The van der Waals surface area contributed by atoms with E-state index in [-0.39, 0.29) is 22.8 Å². The Kier molecular flexibility index (Phi) is 3.85. The van der Waals surface area contributed by atoms with Gasteiger partial charge in [0.05, 0.1) is 4.92 Å². The van der Waals surface area contributed by atoms with Crippen molar-refractivity contribution in [2.75, 3.05) is 0 Å². The number of hydrogen-bond acceptors (Lipinski definition) is 4. The van der Waals surface area contributed by atoms with Gasteiger partial charge in [-0.15, -0.1) is 0 Å². The molecule has 4 bridgehead atoms. The Labute approximate surface area is 147 Å². The lowest BCUT2D eigenvalue weighted by Crippen LogP contribution is -2.56. The SMILES string of the molecule is CC[C@H](NC(=O)c1nn(C)cc1[N+](=O)[O-])C12CC3CC(CC(C3)C1)C2. The first-order valence-electron chi connectivity index (χ1n) is 9.39. The minimum atomic E-state index is -0.534. The summed E-state index contributed by atoms with van der Waals surface area (Å²) in [7, 11) is 1.60. The highest BCUT2D eigenvalue weighted by molar-refractivity contribution is 5.96. The predicted molar refractivity (Wildman–Crippen MR) is 92.0 cm³/mol. The third-order valence-electron chi connectivity index (χ3n) is 6.76. The molecule has 0 radical (unpaired) electrons. The Morgan fingerprint density at radius 2 is 1.92 bits per heavy atom. The Morgan fingerprint density at radius 1 is 1.36 bits per heavy atom. The van der Waals surface area contributed by atoms with E-state index in [0.717, 1.165) is 24.2 Å². The maximum absolute atomic E-state index is 12.8. The number of carbonyl (C=O) groups is 1. The number of carbonyl (C=O) groups excluding carboxylic acids is 1. The van der Waals surface area contributed by atoms with Crippen LogP contribution in [0, 0.1) is 33.3 Å². The van der Waals surface area contributed by atoms with Gasteiger partial charge in [-0.2, -0.15) is 5.10 Å². The molecule has 25 heavy (non-hydrogen) atoms. The zero-order valence-corrected chi connectivity index (χ0v) is 14.9. The van der Waals surface area contributed by atoms with E-state index in [0.29, 0.717) is 0 Å². The van der Waals surface area contributed by atoms with Gasteiger partial charge in [-0.3, -0.25) is 19.6 Å². The largest absolute Gasteiger partial charge is 0.347 e. The van der Waals surface area contributed by atoms with Crippen molar-refractivity contribution in [2.45, 2.75) is 57.9 Å². The molecule has 0 aliphatic heterocycles. The summed E-state index contributed by atoms with van der Waals surface area (Å²) >= 11 is 0. The van der Waals surface area contributed by atoms with Gasteiger partial charge in [0.15, 0.2) is 0 Å². The molecule has 1 heterocycles. The van der Waals surface area contributed by atoms with Crippen LogP contribution in [0.3, 0.4) is 0 Å². The van der Waals surface area contributed by atoms with E-state index in [1.54, 1.807) is 7.05 Å². The summed E-state index contributed by atoms with van der Waals surface area (Å²) < 4.78 is 1.33. The van der Waals surface area contributed by atoms with Crippen LogP contribution < -0.4 is 5.32 Å². The first-order chi connectivity index (χ1) is 11.9. The monoisotopic (exact) mass is 346 g/mol. The van der Waals surface area contributed by atoms with Crippen molar-refractivity contribution in [1.29, 1.82) is 0 Å². The summed E-state index contributed by atoms with van der Waals surface area (Å²) in [6.45, 7) is 2.11. The smallest absolute Gasteiger partial charge is 0.320 e. The molecular weight excluding hydrogens is 320 g/mol. The van der Waals surface area contributed by atoms with E-state index in [1.807, 2.05) is 0 Å². The third kappa shape index (κ3) is 2.73. The Hall–Kier alpha value is -1.92. The number of rotatable bonds is 5. The number of nitro groups is 1. The Morgan fingerprint density at radius 3 is 2.40 bits per heavy atom. The minimum Gasteiger partial charge on any atom is -0.347 e. The number of nitrogens with zero attached hydrogens (tertiary/aromatic N) is 3. The van der Waals surface area contributed by atoms with Crippen LogP contribution in [-0.4, -0.2) is 26.7 Å². The fraction of sp³-hybridized carbons (Fsp3) is 0.778. The highest BCUT2D eigenvalue weighted by atomic mass is 16.6. The van der Waals surface area contributed by atoms with Crippen molar-refractivity contribution in [2.24, 2.45) is 30.2 Å². The van der Waals surface area contributed by atoms with Crippen LogP contribution in [-0.2, 0) is 7.05 Å². The van der Waals surface area contributed by atoms with Gasteiger partial charge in [-0.05, 0) is 68.1 Å². The highest BCUT2D eigenvalue weighted by Crippen LogP contribution is 2.61. The number of nitrogens with one attached hydrogen (secondary N) is 1. The molecule has 0 spiro atoms. The molecule has 1 aromatic heterocycles. The number of amides is 1. The number of aryl methyl sites for hydroxylation is 1. The standard InChI is InChI=1S/C18H26N4O3/c1-3-15(18-7-11-4-12(8-18)6-13(5-11)9-18)19-17(23)16-14(22(24)25)10-21(2)20-16/h10-13,15H,3-9H2,1-2H3,(H,19,23)/t11?,12?,13?,15-,18?/m0/s1. The molecule has 136 valence electrons. The van der Waals surface area contributed by atoms with Gasteiger partial charge >= 0.3 is 5.69 Å². The molecule has 4 aliphatic carbocycles. The normalized spacial score (nSPS) is 34.1. The molecule has 1 atom stereocenters. The van der Waals surface area contributed by atoms with E-state index in [4.69, 9.17) is 0 Å². The lowest BCUT2D eigenvalue weighted by atomic mass is 9.47. The van der Waals surface area contributed by atoms with Crippen LogP contribution in [0.1, 0.15) is 62.4 Å². The first-order valence-corrected chi connectivity index (χ1v) is 9.39. The van der Waals surface area contributed by atoms with E-state index in [2.05, 4.69) is 17.3 Å².